The maximum absolute atomic E-state index is 10.7. The first-order valence-electron chi connectivity index (χ1n) is 6.68. The summed E-state index contributed by atoms with van der Waals surface area (Å²) in [6.45, 7) is 7.46. The normalized spacial score (nSPS) is 11.2. The Morgan fingerprint density at radius 1 is 1.45 bits per heavy atom. The van der Waals surface area contributed by atoms with Crippen LogP contribution in [0.2, 0.25) is 0 Å². The van der Waals surface area contributed by atoms with Gasteiger partial charge in [0.05, 0.1) is 11.5 Å². The number of anilines is 1. The Balaban J connectivity index is 2.77. The van der Waals surface area contributed by atoms with Crippen LogP contribution in [0.4, 0.5) is 11.4 Å². The van der Waals surface area contributed by atoms with E-state index in [-0.39, 0.29) is 11.4 Å². The molecule has 112 valence electrons. The predicted octanol–water partition coefficient (Wildman–Crippen LogP) is 2.28. The second kappa shape index (κ2) is 7.81. The second-order valence-electron chi connectivity index (χ2n) is 5.27. The summed E-state index contributed by atoms with van der Waals surface area (Å²) >= 11 is 0. The number of nitrogens with two attached hydrogens (primary N) is 1. The summed E-state index contributed by atoms with van der Waals surface area (Å²) < 4.78 is 5.11. The summed E-state index contributed by atoms with van der Waals surface area (Å²) in [4.78, 5) is 12.5. The highest BCUT2D eigenvalue weighted by atomic mass is 16.6. The number of nitrogens with zero attached hydrogens (tertiary/aromatic N) is 2. The number of nitro benzene ring substituents is 1. The number of benzene rings is 1. The van der Waals surface area contributed by atoms with Gasteiger partial charge in [-0.3, -0.25) is 15.0 Å². The van der Waals surface area contributed by atoms with Crippen LogP contribution in [0.3, 0.4) is 0 Å². The quantitative estimate of drug-likeness (QED) is 0.449. The molecule has 0 radical (unpaired) electrons. The van der Waals surface area contributed by atoms with E-state index in [0.717, 1.165) is 18.7 Å². The maximum Gasteiger partial charge on any atom is 0.292 e. The Morgan fingerprint density at radius 3 is 2.65 bits per heavy atom. The summed E-state index contributed by atoms with van der Waals surface area (Å²) in [7, 11) is 1.68. The molecule has 6 heteroatoms. The van der Waals surface area contributed by atoms with E-state index in [2.05, 4.69) is 18.7 Å². The van der Waals surface area contributed by atoms with Crippen molar-refractivity contribution in [1.82, 2.24) is 4.90 Å². The summed E-state index contributed by atoms with van der Waals surface area (Å²) in [5.41, 5.74) is 6.86. The molecule has 0 aliphatic rings. The van der Waals surface area contributed by atoms with Gasteiger partial charge in [0.25, 0.3) is 5.69 Å². The van der Waals surface area contributed by atoms with Crippen molar-refractivity contribution in [2.45, 2.75) is 20.4 Å². The molecule has 1 aromatic carbocycles. The lowest BCUT2D eigenvalue weighted by atomic mass is 10.1. The molecule has 0 atom stereocenters. The molecule has 0 heterocycles. The van der Waals surface area contributed by atoms with E-state index in [0.29, 0.717) is 19.1 Å². The van der Waals surface area contributed by atoms with Crippen LogP contribution < -0.4 is 5.73 Å². The fourth-order valence-electron chi connectivity index (χ4n) is 2.10. The standard InChI is InChI=1S/C14H23N3O3/c1-11(2)9-16(6-7-20-3)10-12-4-5-14(17(18)19)13(15)8-12/h4-5,8,11H,6-7,9-10,15H2,1-3H3. The molecule has 2 N–H and O–H groups in total. The third-order valence-electron chi connectivity index (χ3n) is 2.93. The lowest BCUT2D eigenvalue weighted by Gasteiger charge is -2.24. The molecule has 0 fully saturated rings. The van der Waals surface area contributed by atoms with Gasteiger partial charge in [-0.25, -0.2) is 0 Å². The number of rotatable bonds is 8. The molecular weight excluding hydrogens is 258 g/mol. The molecule has 0 aromatic heterocycles. The summed E-state index contributed by atoms with van der Waals surface area (Å²) in [5.74, 6) is 0.544. The van der Waals surface area contributed by atoms with Crippen LogP contribution in [-0.2, 0) is 11.3 Å². The lowest BCUT2D eigenvalue weighted by Crippen LogP contribution is -2.30. The van der Waals surface area contributed by atoms with E-state index in [1.165, 1.54) is 6.07 Å². The number of nitrogen functional groups attached to an aromatic ring is 1. The predicted molar refractivity (Wildman–Crippen MR) is 79.5 cm³/mol. The zero-order chi connectivity index (χ0) is 15.1. The first kappa shape index (κ1) is 16.4. The third-order valence-corrected chi connectivity index (χ3v) is 2.93. The Bertz CT molecular complexity index is 449. The Morgan fingerprint density at radius 2 is 2.15 bits per heavy atom. The van der Waals surface area contributed by atoms with Crippen molar-refractivity contribution in [3.63, 3.8) is 0 Å². The van der Waals surface area contributed by atoms with Gasteiger partial charge in [0, 0.05) is 32.8 Å². The first-order valence-corrected chi connectivity index (χ1v) is 6.68. The molecule has 0 spiro atoms. The summed E-state index contributed by atoms with van der Waals surface area (Å²) in [6.07, 6.45) is 0. The SMILES string of the molecule is COCCN(Cc1ccc([N+](=O)[O-])c(N)c1)CC(C)C. The average Bonchev–Trinajstić information content (AvgIpc) is 2.35. The van der Waals surface area contributed by atoms with E-state index in [1.807, 2.05) is 0 Å². The van der Waals surface area contributed by atoms with Crippen LogP contribution in [0.5, 0.6) is 0 Å². The van der Waals surface area contributed by atoms with Crippen LogP contribution in [0.15, 0.2) is 18.2 Å². The van der Waals surface area contributed by atoms with Crippen LogP contribution in [0, 0.1) is 16.0 Å². The topological polar surface area (TPSA) is 81.6 Å². The van der Waals surface area contributed by atoms with E-state index in [9.17, 15) is 10.1 Å². The van der Waals surface area contributed by atoms with Gasteiger partial charge in [0.2, 0.25) is 0 Å². The number of methoxy groups -OCH3 is 1. The largest absolute Gasteiger partial charge is 0.393 e. The van der Waals surface area contributed by atoms with Crippen molar-refractivity contribution < 1.29 is 9.66 Å². The molecule has 0 aliphatic carbocycles. The lowest BCUT2D eigenvalue weighted by molar-refractivity contribution is -0.383. The van der Waals surface area contributed by atoms with Crippen molar-refractivity contribution in [1.29, 1.82) is 0 Å². The van der Waals surface area contributed by atoms with E-state index >= 15 is 0 Å². The van der Waals surface area contributed by atoms with E-state index < -0.39 is 4.92 Å². The third kappa shape index (κ3) is 5.14. The maximum atomic E-state index is 10.7. The van der Waals surface area contributed by atoms with Crippen LogP contribution in [0.1, 0.15) is 19.4 Å². The summed E-state index contributed by atoms with van der Waals surface area (Å²) in [5, 5.41) is 10.7. The van der Waals surface area contributed by atoms with Crippen molar-refractivity contribution in [2.75, 3.05) is 32.5 Å². The minimum atomic E-state index is -0.462. The molecular formula is C14H23N3O3. The van der Waals surface area contributed by atoms with Crippen molar-refractivity contribution in [2.24, 2.45) is 5.92 Å². The van der Waals surface area contributed by atoms with Gasteiger partial charge in [0.15, 0.2) is 0 Å². The van der Waals surface area contributed by atoms with Gasteiger partial charge in [-0.15, -0.1) is 0 Å². The number of ether oxygens (including phenoxy) is 1. The minimum absolute atomic E-state index is 0.0407. The van der Waals surface area contributed by atoms with Gasteiger partial charge in [-0.05, 0) is 17.5 Å². The van der Waals surface area contributed by atoms with Crippen LogP contribution in [0.25, 0.3) is 0 Å². The van der Waals surface area contributed by atoms with E-state index in [1.54, 1.807) is 19.2 Å². The molecule has 0 aliphatic heterocycles. The number of hydrogen-bond donors (Lipinski definition) is 1. The Labute approximate surface area is 119 Å². The highest BCUT2D eigenvalue weighted by Crippen LogP contribution is 2.22. The van der Waals surface area contributed by atoms with Gasteiger partial charge >= 0.3 is 0 Å². The second-order valence-corrected chi connectivity index (χ2v) is 5.27. The summed E-state index contributed by atoms with van der Waals surface area (Å²) in [6, 6.07) is 4.90. The monoisotopic (exact) mass is 281 g/mol. The molecule has 6 nitrogen and oxygen atoms in total. The molecule has 0 unspecified atom stereocenters. The molecule has 0 amide bonds. The van der Waals surface area contributed by atoms with Crippen LogP contribution >= 0.6 is 0 Å². The molecule has 20 heavy (non-hydrogen) atoms. The first-order chi connectivity index (χ1) is 9.43. The Kier molecular flexibility index (Phi) is 6.41. The zero-order valence-corrected chi connectivity index (χ0v) is 12.3. The number of hydrogen-bond acceptors (Lipinski definition) is 5. The van der Waals surface area contributed by atoms with Crippen molar-refractivity contribution in [3.8, 4) is 0 Å². The molecule has 0 saturated heterocycles. The molecule has 1 aromatic rings. The van der Waals surface area contributed by atoms with Crippen molar-refractivity contribution in [3.05, 3.63) is 33.9 Å². The Hall–Kier alpha value is -1.66. The molecule has 0 saturated carbocycles. The van der Waals surface area contributed by atoms with Gasteiger partial charge in [0.1, 0.15) is 5.69 Å². The molecule has 1 rings (SSSR count). The highest BCUT2D eigenvalue weighted by Gasteiger charge is 2.13. The highest BCUT2D eigenvalue weighted by molar-refractivity contribution is 5.59. The smallest absolute Gasteiger partial charge is 0.292 e. The van der Waals surface area contributed by atoms with Gasteiger partial charge in [-0.1, -0.05) is 19.9 Å². The van der Waals surface area contributed by atoms with Crippen LogP contribution in [-0.4, -0.2) is 36.6 Å². The number of nitro groups is 1. The minimum Gasteiger partial charge on any atom is -0.393 e. The molecule has 0 bridgehead atoms. The van der Waals surface area contributed by atoms with E-state index in [4.69, 9.17) is 10.5 Å². The van der Waals surface area contributed by atoms with Gasteiger partial charge < -0.3 is 10.5 Å². The fraction of sp³-hybridized carbons (Fsp3) is 0.571. The average molecular weight is 281 g/mol. The van der Waals surface area contributed by atoms with Gasteiger partial charge in [-0.2, -0.15) is 0 Å². The van der Waals surface area contributed by atoms with Crippen molar-refractivity contribution >= 4 is 11.4 Å². The zero-order valence-electron chi connectivity index (χ0n) is 12.3. The fourth-order valence-corrected chi connectivity index (χ4v) is 2.10.